The van der Waals surface area contributed by atoms with Gasteiger partial charge in [0.2, 0.25) is 5.95 Å². The summed E-state index contributed by atoms with van der Waals surface area (Å²) in [5.74, 6) is -0.979. The van der Waals surface area contributed by atoms with Crippen molar-refractivity contribution in [3.8, 4) is 11.5 Å². The van der Waals surface area contributed by atoms with E-state index < -0.39 is 17.7 Å². The van der Waals surface area contributed by atoms with Crippen LogP contribution in [-0.4, -0.2) is 41.0 Å². The quantitative estimate of drug-likeness (QED) is 0.387. The molecule has 8 heteroatoms. The molecule has 1 N–H and O–H groups in total. The Morgan fingerprint density at radius 2 is 1.61 bits per heavy atom. The lowest BCUT2D eigenvalue weighted by atomic mass is 9.95. The van der Waals surface area contributed by atoms with Crippen LogP contribution in [0.3, 0.4) is 0 Å². The molecule has 1 fully saturated rings. The number of ketones is 1. The number of hydrogen-bond acceptors (Lipinski definition) is 7. The number of amides is 1. The Morgan fingerprint density at radius 3 is 2.26 bits per heavy atom. The number of hydrogen-bond donors (Lipinski definition) is 1. The fourth-order valence-corrected chi connectivity index (χ4v) is 3.54. The number of aliphatic hydroxyl groups excluding tert-OH is 1. The van der Waals surface area contributed by atoms with Gasteiger partial charge in [-0.3, -0.25) is 14.5 Å². The van der Waals surface area contributed by atoms with E-state index in [9.17, 15) is 14.7 Å². The Kier molecular flexibility index (Phi) is 5.36. The second kappa shape index (κ2) is 8.27. The first kappa shape index (κ1) is 20.1. The first-order chi connectivity index (χ1) is 15.1. The second-order valence-corrected chi connectivity index (χ2v) is 6.70. The van der Waals surface area contributed by atoms with E-state index in [1.54, 1.807) is 54.6 Å². The van der Waals surface area contributed by atoms with E-state index in [-0.39, 0.29) is 17.3 Å². The Morgan fingerprint density at radius 1 is 0.935 bits per heavy atom. The molecule has 1 aromatic heterocycles. The highest BCUT2D eigenvalue weighted by Crippen LogP contribution is 2.43. The third-order valence-electron chi connectivity index (χ3n) is 4.98. The number of carbonyl (C=O) groups excluding carboxylic acids is 2. The van der Waals surface area contributed by atoms with Crippen LogP contribution in [0.1, 0.15) is 17.2 Å². The van der Waals surface area contributed by atoms with E-state index in [1.165, 1.54) is 31.5 Å². The molecule has 0 spiro atoms. The number of anilines is 1. The second-order valence-electron chi connectivity index (χ2n) is 6.70. The predicted octanol–water partition coefficient (Wildman–Crippen LogP) is 3.12. The normalized spacial score (nSPS) is 17.6. The average molecular weight is 417 g/mol. The average Bonchev–Trinajstić information content (AvgIpc) is 3.09. The van der Waals surface area contributed by atoms with Crippen molar-refractivity contribution in [3.05, 3.63) is 83.7 Å². The topological polar surface area (TPSA) is 102 Å². The highest BCUT2D eigenvalue weighted by atomic mass is 16.5. The van der Waals surface area contributed by atoms with E-state index in [2.05, 4.69) is 9.97 Å². The molecule has 2 heterocycles. The Balaban J connectivity index is 1.96. The molecule has 1 aliphatic heterocycles. The van der Waals surface area contributed by atoms with Crippen molar-refractivity contribution in [1.82, 2.24) is 9.97 Å². The van der Waals surface area contributed by atoms with E-state index in [0.29, 0.717) is 22.6 Å². The zero-order valence-corrected chi connectivity index (χ0v) is 16.9. The van der Waals surface area contributed by atoms with Crippen molar-refractivity contribution in [3.63, 3.8) is 0 Å². The van der Waals surface area contributed by atoms with Gasteiger partial charge in [-0.1, -0.05) is 36.4 Å². The molecule has 1 saturated heterocycles. The molecule has 156 valence electrons. The molecule has 1 unspecified atom stereocenters. The van der Waals surface area contributed by atoms with Crippen LogP contribution in [0.2, 0.25) is 0 Å². The summed E-state index contributed by atoms with van der Waals surface area (Å²) >= 11 is 0. The summed E-state index contributed by atoms with van der Waals surface area (Å²) < 4.78 is 10.7. The van der Waals surface area contributed by atoms with Crippen molar-refractivity contribution in [2.75, 3.05) is 19.1 Å². The number of rotatable bonds is 5. The minimum atomic E-state index is -0.956. The van der Waals surface area contributed by atoms with Crippen LogP contribution in [0.5, 0.6) is 11.5 Å². The Hall–Kier alpha value is -4.20. The third kappa shape index (κ3) is 3.48. The van der Waals surface area contributed by atoms with Gasteiger partial charge in [0.05, 0.1) is 25.8 Å². The van der Waals surface area contributed by atoms with E-state index in [0.717, 1.165) is 0 Å². The number of aromatic nitrogens is 2. The summed E-state index contributed by atoms with van der Waals surface area (Å²) in [7, 11) is 3.00. The van der Waals surface area contributed by atoms with Crippen LogP contribution >= 0.6 is 0 Å². The first-order valence-corrected chi connectivity index (χ1v) is 9.42. The Bertz CT molecular complexity index is 1160. The summed E-state index contributed by atoms with van der Waals surface area (Å²) in [5.41, 5.74) is 0.887. The predicted molar refractivity (Wildman–Crippen MR) is 113 cm³/mol. The van der Waals surface area contributed by atoms with Gasteiger partial charge in [-0.25, -0.2) is 9.97 Å². The van der Waals surface area contributed by atoms with Crippen LogP contribution in [0.4, 0.5) is 5.95 Å². The maximum Gasteiger partial charge on any atom is 0.302 e. The van der Waals surface area contributed by atoms with Gasteiger partial charge < -0.3 is 14.6 Å². The number of ether oxygens (including phenoxy) is 2. The summed E-state index contributed by atoms with van der Waals surface area (Å²) in [6.45, 7) is 0. The lowest BCUT2D eigenvalue weighted by molar-refractivity contribution is -0.132. The molecular formula is C23H19N3O5. The van der Waals surface area contributed by atoms with Crippen LogP contribution < -0.4 is 14.4 Å². The highest BCUT2D eigenvalue weighted by molar-refractivity contribution is 6.51. The summed E-state index contributed by atoms with van der Waals surface area (Å²) in [4.78, 5) is 35.5. The summed E-state index contributed by atoms with van der Waals surface area (Å²) in [6, 6.07) is 14.3. The van der Waals surface area contributed by atoms with Gasteiger partial charge in [-0.15, -0.1) is 0 Å². The molecular weight excluding hydrogens is 398 g/mol. The third-order valence-corrected chi connectivity index (χ3v) is 4.98. The van der Waals surface area contributed by atoms with Crippen LogP contribution in [-0.2, 0) is 9.59 Å². The number of nitrogens with zero attached hydrogens (tertiary/aromatic N) is 3. The molecule has 0 bridgehead atoms. The first-order valence-electron chi connectivity index (χ1n) is 9.42. The van der Waals surface area contributed by atoms with Crippen LogP contribution in [0.15, 0.2) is 72.6 Å². The highest BCUT2D eigenvalue weighted by Gasteiger charge is 2.48. The summed E-state index contributed by atoms with van der Waals surface area (Å²) in [5, 5.41) is 11.0. The van der Waals surface area contributed by atoms with Gasteiger partial charge in [0.15, 0.2) is 11.5 Å². The molecule has 0 radical (unpaired) electrons. The maximum atomic E-state index is 13.0. The van der Waals surface area contributed by atoms with Crippen molar-refractivity contribution < 1.29 is 24.2 Å². The van der Waals surface area contributed by atoms with Crippen molar-refractivity contribution in [1.29, 1.82) is 0 Å². The molecule has 1 aliphatic rings. The van der Waals surface area contributed by atoms with E-state index >= 15 is 0 Å². The fourth-order valence-electron chi connectivity index (χ4n) is 3.54. The largest absolute Gasteiger partial charge is 0.507 e. The minimum Gasteiger partial charge on any atom is -0.507 e. The number of carbonyl (C=O) groups is 2. The van der Waals surface area contributed by atoms with Crippen molar-refractivity contribution in [2.45, 2.75) is 6.04 Å². The number of aliphatic hydroxyl groups is 1. The van der Waals surface area contributed by atoms with Gasteiger partial charge in [0.25, 0.3) is 5.78 Å². The molecule has 1 amide bonds. The van der Waals surface area contributed by atoms with Crippen LogP contribution in [0.25, 0.3) is 5.76 Å². The van der Waals surface area contributed by atoms with Gasteiger partial charge >= 0.3 is 5.91 Å². The number of methoxy groups -OCH3 is 2. The molecule has 3 aromatic rings. The van der Waals surface area contributed by atoms with Crippen molar-refractivity contribution in [2.24, 2.45) is 0 Å². The smallest absolute Gasteiger partial charge is 0.302 e. The molecule has 31 heavy (non-hydrogen) atoms. The summed E-state index contributed by atoms with van der Waals surface area (Å²) in [6.07, 6.45) is 2.95. The molecule has 0 aliphatic carbocycles. The van der Waals surface area contributed by atoms with Crippen molar-refractivity contribution >= 4 is 23.4 Å². The fraction of sp³-hybridized carbons (Fsp3) is 0.130. The molecule has 8 nitrogen and oxygen atoms in total. The van der Waals surface area contributed by atoms with E-state index in [4.69, 9.17) is 9.47 Å². The Labute approximate surface area is 178 Å². The van der Waals surface area contributed by atoms with Gasteiger partial charge in [0, 0.05) is 18.0 Å². The zero-order valence-electron chi connectivity index (χ0n) is 16.9. The molecule has 4 rings (SSSR count). The molecule has 0 saturated carbocycles. The van der Waals surface area contributed by atoms with Gasteiger partial charge in [-0.05, 0) is 23.8 Å². The minimum absolute atomic E-state index is 0.0523. The number of Topliss-reactive ketones (excluding diaryl/α,β-unsaturated/α-hetero) is 1. The standard InChI is InChI=1S/C23H19N3O5/c1-30-16-10-9-15(13-17(16)31-2)19-18(20(27)14-7-4-3-5-8-14)21(28)22(29)26(19)23-24-11-6-12-25-23/h3-13,19,27H,1-2H3. The maximum absolute atomic E-state index is 13.0. The zero-order chi connectivity index (χ0) is 22.0. The molecule has 2 aromatic carbocycles. The number of benzene rings is 2. The molecule has 1 atom stereocenters. The van der Waals surface area contributed by atoms with E-state index in [1.807, 2.05) is 0 Å². The SMILES string of the molecule is COc1ccc(C2C(=C(O)c3ccccc3)C(=O)C(=O)N2c2ncccn2)cc1OC. The lowest BCUT2D eigenvalue weighted by Crippen LogP contribution is -2.31. The van der Waals surface area contributed by atoms with Gasteiger partial charge in [0.1, 0.15) is 5.76 Å². The van der Waals surface area contributed by atoms with Gasteiger partial charge in [-0.2, -0.15) is 0 Å². The van der Waals surface area contributed by atoms with Crippen LogP contribution in [0, 0.1) is 0 Å². The monoisotopic (exact) mass is 417 g/mol. The lowest BCUT2D eigenvalue weighted by Gasteiger charge is -2.24.